The molecule has 3 heterocycles. The van der Waals surface area contributed by atoms with Crippen molar-refractivity contribution in [3.05, 3.63) is 83.9 Å². The fourth-order valence-corrected chi connectivity index (χ4v) is 4.61. The molecule has 0 aromatic heterocycles. The Hall–Kier alpha value is -2.92. The van der Waals surface area contributed by atoms with Crippen LogP contribution in [0, 0.1) is 11.8 Å². The molecular weight excluding hydrogens is 354 g/mol. The van der Waals surface area contributed by atoms with E-state index in [0.29, 0.717) is 13.1 Å². The zero-order chi connectivity index (χ0) is 19.1. The number of hydrogen-bond donors (Lipinski definition) is 0. The average Bonchev–Trinajstić information content (AvgIpc) is 3.36. The van der Waals surface area contributed by atoms with Crippen LogP contribution in [0.25, 0.3) is 0 Å². The zero-order valence-corrected chi connectivity index (χ0v) is 15.4. The molecule has 2 aromatic carbocycles. The van der Waals surface area contributed by atoms with Crippen LogP contribution in [0.1, 0.15) is 11.1 Å². The fraction of sp³-hybridized carbons (Fsp3) is 0.304. The summed E-state index contributed by atoms with van der Waals surface area (Å²) in [6, 6.07) is 19.4. The zero-order valence-electron chi connectivity index (χ0n) is 15.4. The minimum atomic E-state index is -0.701. The van der Waals surface area contributed by atoms with Crippen molar-refractivity contribution in [3.8, 4) is 0 Å². The molecular formula is C23H21NO4. The SMILES string of the molecule is O=C(OCc1ccccc1)[C@H]1[C@H]2C=C[C@@]3(CN(Cc4ccccc4)C(=O)[C@@H]13)O2. The number of rotatable bonds is 5. The highest BCUT2D eigenvalue weighted by Crippen LogP contribution is 2.52. The molecule has 2 saturated heterocycles. The number of carbonyl (C=O) groups is 2. The summed E-state index contributed by atoms with van der Waals surface area (Å²) in [6.07, 6.45) is 3.49. The fourth-order valence-electron chi connectivity index (χ4n) is 4.61. The first-order chi connectivity index (χ1) is 13.7. The summed E-state index contributed by atoms with van der Waals surface area (Å²) in [7, 11) is 0. The Morgan fingerprint density at radius 3 is 2.46 bits per heavy atom. The van der Waals surface area contributed by atoms with E-state index in [1.807, 2.05) is 72.8 Å². The maximum atomic E-state index is 13.2. The first-order valence-corrected chi connectivity index (χ1v) is 9.57. The molecule has 5 nitrogen and oxygen atoms in total. The molecule has 0 saturated carbocycles. The second-order valence-electron chi connectivity index (χ2n) is 7.67. The Kier molecular flexibility index (Phi) is 4.05. The van der Waals surface area contributed by atoms with E-state index in [0.717, 1.165) is 11.1 Å². The molecule has 4 atom stereocenters. The van der Waals surface area contributed by atoms with Gasteiger partial charge in [-0.15, -0.1) is 0 Å². The van der Waals surface area contributed by atoms with Crippen LogP contribution in [-0.2, 0) is 32.2 Å². The summed E-state index contributed by atoms with van der Waals surface area (Å²) >= 11 is 0. The monoisotopic (exact) mass is 375 g/mol. The van der Waals surface area contributed by atoms with E-state index >= 15 is 0 Å². The van der Waals surface area contributed by atoms with Gasteiger partial charge in [0.05, 0.1) is 18.6 Å². The molecule has 2 bridgehead atoms. The first kappa shape index (κ1) is 17.2. The van der Waals surface area contributed by atoms with Crippen LogP contribution in [-0.4, -0.2) is 35.0 Å². The number of fused-ring (bicyclic) bond motifs is 1. The van der Waals surface area contributed by atoms with Crippen molar-refractivity contribution in [1.82, 2.24) is 4.90 Å². The molecule has 0 N–H and O–H groups in total. The molecule has 5 heteroatoms. The second-order valence-corrected chi connectivity index (χ2v) is 7.67. The maximum absolute atomic E-state index is 13.2. The van der Waals surface area contributed by atoms with E-state index in [2.05, 4.69) is 0 Å². The van der Waals surface area contributed by atoms with Gasteiger partial charge in [-0.1, -0.05) is 72.8 Å². The molecule has 28 heavy (non-hydrogen) atoms. The number of hydrogen-bond acceptors (Lipinski definition) is 4. The van der Waals surface area contributed by atoms with Crippen LogP contribution in [0.3, 0.4) is 0 Å². The third kappa shape index (κ3) is 2.74. The van der Waals surface area contributed by atoms with Gasteiger partial charge in [0.2, 0.25) is 5.91 Å². The third-order valence-electron chi connectivity index (χ3n) is 5.89. The van der Waals surface area contributed by atoms with Crippen LogP contribution < -0.4 is 0 Å². The van der Waals surface area contributed by atoms with E-state index in [4.69, 9.17) is 9.47 Å². The van der Waals surface area contributed by atoms with Gasteiger partial charge < -0.3 is 14.4 Å². The molecule has 0 unspecified atom stereocenters. The summed E-state index contributed by atoms with van der Waals surface area (Å²) in [5, 5.41) is 0. The molecule has 1 spiro atoms. The molecule has 3 aliphatic rings. The number of ether oxygens (including phenoxy) is 2. The molecule has 0 radical (unpaired) electrons. The topological polar surface area (TPSA) is 55.8 Å². The van der Waals surface area contributed by atoms with Crippen molar-refractivity contribution in [2.45, 2.75) is 24.9 Å². The second kappa shape index (κ2) is 6.60. The molecule has 3 aliphatic heterocycles. The number of likely N-dealkylation sites (tertiary alicyclic amines) is 1. The molecule has 2 fully saturated rings. The molecule has 2 aromatic rings. The average molecular weight is 375 g/mol. The Bertz CT molecular complexity index is 926. The van der Waals surface area contributed by atoms with Gasteiger partial charge in [-0.3, -0.25) is 9.59 Å². The normalized spacial score (nSPS) is 29.9. The number of amides is 1. The standard InChI is InChI=1S/C23H21NO4/c25-21-20-19(22(26)27-14-17-9-5-2-6-10-17)18-11-12-23(20,28-18)15-24(21)13-16-7-3-1-4-8-16/h1-12,18-20H,13-15H2/t18-,19+,20-,23+/m1/s1. The third-order valence-corrected chi connectivity index (χ3v) is 5.89. The minimum absolute atomic E-state index is 0.0302. The van der Waals surface area contributed by atoms with Crippen LogP contribution in [0.2, 0.25) is 0 Å². The number of nitrogens with zero attached hydrogens (tertiary/aromatic N) is 1. The molecule has 0 aliphatic carbocycles. The smallest absolute Gasteiger partial charge is 0.313 e. The van der Waals surface area contributed by atoms with Gasteiger partial charge in [-0.05, 0) is 11.1 Å². The van der Waals surface area contributed by atoms with Gasteiger partial charge in [-0.2, -0.15) is 0 Å². The van der Waals surface area contributed by atoms with Crippen molar-refractivity contribution in [2.75, 3.05) is 6.54 Å². The van der Waals surface area contributed by atoms with Crippen molar-refractivity contribution >= 4 is 11.9 Å². The highest BCUT2D eigenvalue weighted by atomic mass is 16.6. The molecule has 5 rings (SSSR count). The van der Waals surface area contributed by atoms with Crippen molar-refractivity contribution in [3.63, 3.8) is 0 Å². The largest absolute Gasteiger partial charge is 0.460 e. The molecule has 1 amide bonds. The summed E-state index contributed by atoms with van der Waals surface area (Å²) in [4.78, 5) is 27.8. The van der Waals surface area contributed by atoms with Gasteiger partial charge >= 0.3 is 5.97 Å². The van der Waals surface area contributed by atoms with Gasteiger partial charge in [0.25, 0.3) is 0 Å². The van der Waals surface area contributed by atoms with Gasteiger partial charge in [-0.25, -0.2) is 0 Å². The Balaban J connectivity index is 1.33. The van der Waals surface area contributed by atoms with Gasteiger partial charge in [0, 0.05) is 6.54 Å². The number of carbonyl (C=O) groups excluding carboxylic acids is 2. The highest BCUT2D eigenvalue weighted by Gasteiger charge is 2.67. The van der Waals surface area contributed by atoms with Crippen molar-refractivity contribution in [1.29, 1.82) is 0 Å². The lowest BCUT2D eigenvalue weighted by Gasteiger charge is -2.22. The maximum Gasteiger partial charge on any atom is 0.313 e. The van der Waals surface area contributed by atoms with Crippen molar-refractivity contribution < 1.29 is 19.1 Å². The number of benzene rings is 2. The Morgan fingerprint density at radius 1 is 1.07 bits per heavy atom. The van der Waals surface area contributed by atoms with Gasteiger partial charge in [0.15, 0.2) is 0 Å². The van der Waals surface area contributed by atoms with E-state index < -0.39 is 17.4 Å². The van der Waals surface area contributed by atoms with E-state index in [1.165, 1.54) is 0 Å². The van der Waals surface area contributed by atoms with Crippen LogP contribution in [0.4, 0.5) is 0 Å². The van der Waals surface area contributed by atoms with E-state index in [-0.39, 0.29) is 24.6 Å². The Morgan fingerprint density at radius 2 is 1.75 bits per heavy atom. The lowest BCUT2D eigenvalue weighted by molar-refractivity contribution is -0.155. The summed E-state index contributed by atoms with van der Waals surface area (Å²) in [6.45, 7) is 1.20. The minimum Gasteiger partial charge on any atom is -0.460 e. The lowest BCUT2D eigenvalue weighted by Crippen LogP contribution is -2.39. The number of esters is 1. The predicted octanol–water partition coefficient (Wildman–Crippen LogP) is 2.71. The molecule has 142 valence electrons. The van der Waals surface area contributed by atoms with Crippen LogP contribution >= 0.6 is 0 Å². The van der Waals surface area contributed by atoms with Crippen LogP contribution in [0.5, 0.6) is 0 Å². The summed E-state index contributed by atoms with van der Waals surface area (Å²) in [5.74, 6) is -1.48. The lowest BCUT2D eigenvalue weighted by atomic mass is 9.77. The van der Waals surface area contributed by atoms with Crippen LogP contribution in [0.15, 0.2) is 72.8 Å². The Labute approximate surface area is 163 Å². The quantitative estimate of drug-likeness (QED) is 0.596. The predicted molar refractivity (Wildman–Crippen MR) is 102 cm³/mol. The van der Waals surface area contributed by atoms with Gasteiger partial charge in [0.1, 0.15) is 18.1 Å². The van der Waals surface area contributed by atoms with E-state index in [1.54, 1.807) is 4.90 Å². The summed E-state index contributed by atoms with van der Waals surface area (Å²) < 4.78 is 11.7. The highest BCUT2D eigenvalue weighted by molar-refractivity contribution is 5.91. The first-order valence-electron chi connectivity index (χ1n) is 9.57. The van der Waals surface area contributed by atoms with E-state index in [9.17, 15) is 9.59 Å². The van der Waals surface area contributed by atoms with Crippen molar-refractivity contribution in [2.24, 2.45) is 11.8 Å². The summed E-state index contributed by atoms with van der Waals surface area (Å²) in [5.41, 5.74) is 1.29.